The van der Waals surface area contributed by atoms with E-state index in [0.717, 1.165) is 10.9 Å². The van der Waals surface area contributed by atoms with Gasteiger partial charge in [0.1, 0.15) is 11.3 Å². The average Bonchev–Trinajstić information content (AvgIpc) is 2.54. The molecule has 1 amide bonds. The number of hydrogen-bond donors (Lipinski definition) is 2. The van der Waals surface area contributed by atoms with Crippen molar-refractivity contribution in [1.82, 2.24) is 10.6 Å². The molecule has 0 unspecified atom stereocenters. The van der Waals surface area contributed by atoms with Gasteiger partial charge in [0.05, 0.1) is 7.11 Å². The van der Waals surface area contributed by atoms with Gasteiger partial charge in [-0.3, -0.25) is 4.79 Å². The number of methoxy groups -OCH3 is 1. The van der Waals surface area contributed by atoms with Crippen LogP contribution in [0.1, 0.15) is 17.5 Å². The fraction of sp³-hybridized carbons (Fsp3) is 0.412. The molecule has 0 saturated carbocycles. The number of aryl methyl sites for hydroxylation is 1. The summed E-state index contributed by atoms with van der Waals surface area (Å²) in [5, 5.41) is 6.61. The van der Waals surface area contributed by atoms with Crippen LogP contribution in [0, 0.1) is 6.92 Å². The second kappa shape index (κ2) is 9.30. The number of fused-ring (bicyclic) bond motifs is 1. The van der Waals surface area contributed by atoms with Gasteiger partial charge in [-0.1, -0.05) is 0 Å². The fourth-order valence-corrected chi connectivity index (χ4v) is 2.44. The van der Waals surface area contributed by atoms with Gasteiger partial charge in [0.25, 0.3) is 0 Å². The van der Waals surface area contributed by atoms with Crippen LogP contribution in [0.4, 0.5) is 0 Å². The predicted octanol–water partition coefficient (Wildman–Crippen LogP) is 1.80. The van der Waals surface area contributed by atoms with E-state index in [2.05, 4.69) is 10.6 Å². The number of carbonyl (C=O) groups is 1. The molecule has 0 spiro atoms. The van der Waals surface area contributed by atoms with Crippen LogP contribution in [-0.2, 0) is 11.2 Å². The van der Waals surface area contributed by atoms with Gasteiger partial charge in [-0.25, -0.2) is 4.79 Å². The van der Waals surface area contributed by atoms with Crippen molar-refractivity contribution in [2.75, 3.05) is 27.2 Å². The number of halogens is 1. The van der Waals surface area contributed by atoms with Crippen molar-refractivity contribution in [2.24, 2.45) is 0 Å². The fourth-order valence-electron chi connectivity index (χ4n) is 2.44. The van der Waals surface area contributed by atoms with Gasteiger partial charge < -0.3 is 19.8 Å². The van der Waals surface area contributed by atoms with Crippen molar-refractivity contribution in [3.8, 4) is 5.75 Å². The van der Waals surface area contributed by atoms with Crippen LogP contribution < -0.4 is 21.0 Å². The summed E-state index contributed by atoms with van der Waals surface area (Å²) in [6, 6.07) is 5.38. The summed E-state index contributed by atoms with van der Waals surface area (Å²) in [6.07, 6.45) is 0.624. The van der Waals surface area contributed by atoms with Gasteiger partial charge in [-0.2, -0.15) is 0 Å². The molecule has 0 aliphatic rings. The Labute approximate surface area is 147 Å². The Morgan fingerprint density at radius 3 is 2.71 bits per heavy atom. The number of hydrogen-bond acceptors (Lipinski definition) is 5. The highest BCUT2D eigenvalue weighted by Gasteiger charge is 2.13. The van der Waals surface area contributed by atoms with E-state index < -0.39 is 5.63 Å². The Hall–Kier alpha value is -2.05. The van der Waals surface area contributed by atoms with E-state index in [-0.39, 0.29) is 24.7 Å². The number of likely N-dealkylation sites (N-methyl/N-ethyl adjacent to an activating group) is 1. The molecule has 2 N–H and O–H groups in total. The minimum atomic E-state index is -0.397. The van der Waals surface area contributed by atoms with Crippen LogP contribution in [0.2, 0.25) is 0 Å². The zero-order chi connectivity index (χ0) is 16.8. The highest BCUT2D eigenvalue weighted by Crippen LogP contribution is 2.24. The SMILES string of the molecule is CNCCNC(=O)CCc1c(C)c2ccc(OC)cc2oc1=O.Cl. The summed E-state index contributed by atoms with van der Waals surface area (Å²) >= 11 is 0. The van der Waals surface area contributed by atoms with Crippen LogP contribution in [0.15, 0.2) is 27.4 Å². The van der Waals surface area contributed by atoms with Gasteiger partial charge in [-0.15, -0.1) is 12.4 Å². The lowest BCUT2D eigenvalue weighted by atomic mass is 10.0. The number of nitrogens with one attached hydrogen (secondary N) is 2. The zero-order valence-electron chi connectivity index (χ0n) is 14.1. The molecule has 0 aliphatic carbocycles. The van der Waals surface area contributed by atoms with Crippen LogP contribution in [0.5, 0.6) is 5.75 Å². The van der Waals surface area contributed by atoms with E-state index in [9.17, 15) is 9.59 Å². The van der Waals surface area contributed by atoms with E-state index in [1.165, 1.54) is 0 Å². The van der Waals surface area contributed by atoms with Gasteiger partial charge in [-0.05, 0) is 38.1 Å². The summed E-state index contributed by atoms with van der Waals surface area (Å²) in [5.74, 6) is 0.561. The summed E-state index contributed by atoms with van der Waals surface area (Å²) in [5.41, 5.74) is 1.49. The summed E-state index contributed by atoms with van der Waals surface area (Å²) in [7, 11) is 3.39. The first-order chi connectivity index (χ1) is 11.1. The topological polar surface area (TPSA) is 80.6 Å². The van der Waals surface area contributed by atoms with Crippen molar-refractivity contribution < 1.29 is 13.9 Å². The maximum Gasteiger partial charge on any atom is 0.339 e. The lowest BCUT2D eigenvalue weighted by Gasteiger charge is -2.09. The lowest BCUT2D eigenvalue weighted by molar-refractivity contribution is -0.121. The predicted molar refractivity (Wildman–Crippen MR) is 96.3 cm³/mol. The van der Waals surface area contributed by atoms with Gasteiger partial charge >= 0.3 is 5.63 Å². The molecule has 7 heteroatoms. The summed E-state index contributed by atoms with van der Waals surface area (Å²) in [4.78, 5) is 24.0. The first-order valence-corrected chi connectivity index (χ1v) is 7.58. The summed E-state index contributed by atoms with van der Waals surface area (Å²) in [6.45, 7) is 3.16. The maximum atomic E-state index is 12.2. The normalized spacial score (nSPS) is 10.3. The Morgan fingerprint density at radius 1 is 1.29 bits per heavy atom. The average molecular weight is 355 g/mol. The van der Waals surface area contributed by atoms with Crippen molar-refractivity contribution in [3.63, 3.8) is 0 Å². The number of ether oxygens (including phenoxy) is 1. The lowest BCUT2D eigenvalue weighted by Crippen LogP contribution is -2.30. The highest BCUT2D eigenvalue weighted by molar-refractivity contribution is 5.85. The molecule has 0 atom stereocenters. The Bertz CT molecular complexity index is 758. The molecule has 0 bridgehead atoms. The second-order valence-electron chi connectivity index (χ2n) is 5.31. The monoisotopic (exact) mass is 354 g/mol. The van der Waals surface area contributed by atoms with Crippen LogP contribution in [0.3, 0.4) is 0 Å². The highest BCUT2D eigenvalue weighted by atomic mass is 35.5. The van der Waals surface area contributed by atoms with Crippen molar-refractivity contribution >= 4 is 29.3 Å². The molecule has 2 aromatic rings. The Morgan fingerprint density at radius 2 is 2.04 bits per heavy atom. The molecular weight excluding hydrogens is 332 g/mol. The Kier molecular flexibility index (Phi) is 7.74. The van der Waals surface area contributed by atoms with E-state index in [4.69, 9.17) is 9.15 Å². The first-order valence-electron chi connectivity index (χ1n) is 7.58. The Balaban J connectivity index is 0.00000288. The molecule has 1 aromatic heterocycles. The molecule has 1 aromatic carbocycles. The van der Waals surface area contributed by atoms with Crippen molar-refractivity contribution in [2.45, 2.75) is 19.8 Å². The second-order valence-corrected chi connectivity index (χ2v) is 5.31. The number of carbonyl (C=O) groups excluding carboxylic acids is 1. The number of amides is 1. The van der Waals surface area contributed by atoms with Crippen LogP contribution in [-0.4, -0.2) is 33.2 Å². The van der Waals surface area contributed by atoms with Gasteiger partial charge in [0, 0.05) is 36.5 Å². The maximum absolute atomic E-state index is 12.2. The van der Waals surface area contributed by atoms with Crippen LogP contribution in [0.25, 0.3) is 11.0 Å². The molecule has 0 fully saturated rings. The molecule has 0 radical (unpaired) electrons. The van der Waals surface area contributed by atoms with Crippen molar-refractivity contribution in [3.05, 3.63) is 39.7 Å². The molecule has 1 heterocycles. The van der Waals surface area contributed by atoms with E-state index in [1.54, 1.807) is 13.2 Å². The minimum Gasteiger partial charge on any atom is -0.497 e. The third kappa shape index (κ3) is 4.72. The van der Waals surface area contributed by atoms with E-state index in [1.807, 2.05) is 26.1 Å². The molecule has 132 valence electrons. The molecule has 6 nitrogen and oxygen atoms in total. The van der Waals surface area contributed by atoms with Crippen molar-refractivity contribution in [1.29, 1.82) is 0 Å². The van der Waals surface area contributed by atoms with Gasteiger partial charge in [0.2, 0.25) is 5.91 Å². The minimum absolute atomic E-state index is 0. The number of benzene rings is 1. The third-order valence-corrected chi connectivity index (χ3v) is 3.79. The first kappa shape index (κ1) is 20.0. The molecule has 0 aliphatic heterocycles. The molecule has 2 rings (SSSR count). The molecular formula is C17H23ClN2O4. The van der Waals surface area contributed by atoms with Crippen LogP contribution >= 0.6 is 12.4 Å². The third-order valence-electron chi connectivity index (χ3n) is 3.79. The van der Waals surface area contributed by atoms with E-state index >= 15 is 0 Å². The standard InChI is InChI=1S/C17H22N2O4.ClH/c1-11-13-5-4-12(22-3)10-15(13)23-17(21)14(11)6-7-16(20)19-9-8-18-2;/h4-5,10,18H,6-9H2,1-3H3,(H,19,20);1H. The largest absolute Gasteiger partial charge is 0.497 e. The van der Waals surface area contributed by atoms with Gasteiger partial charge in [0.15, 0.2) is 0 Å². The zero-order valence-corrected chi connectivity index (χ0v) is 14.9. The smallest absolute Gasteiger partial charge is 0.339 e. The quantitative estimate of drug-likeness (QED) is 0.585. The molecule has 24 heavy (non-hydrogen) atoms. The van der Waals surface area contributed by atoms with E-state index in [0.29, 0.717) is 36.4 Å². The molecule has 0 saturated heterocycles. The number of rotatable bonds is 7. The summed E-state index contributed by atoms with van der Waals surface area (Å²) < 4.78 is 10.5.